The van der Waals surface area contributed by atoms with E-state index < -0.39 is 6.04 Å². The fraction of sp³-hybridized carbons (Fsp3) is 0.188. The maximum atomic E-state index is 12.9. The number of ether oxygens (including phenoxy) is 2. The van der Waals surface area contributed by atoms with Crippen LogP contribution in [-0.4, -0.2) is 14.2 Å². The quantitative estimate of drug-likeness (QED) is 0.913. The Bertz CT molecular complexity index is 650. The molecule has 0 saturated heterocycles. The fourth-order valence-electron chi connectivity index (χ4n) is 2.03. The number of nitrogens with one attached hydrogen (secondary N) is 1. The summed E-state index contributed by atoms with van der Waals surface area (Å²) in [6, 6.07) is 12.7. The summed E-state index contributed by atoms with van der Waals surface area (Å²) in [5, 5.41) is 12.4. The summed E-state index contributed by atoms with van der Waals surface area (Å²) >= 11 is 0. The average Bonchev–Trinajstić information content (AvgIpc) is 2.53. The van der Waals surface area contributed by atoms with Gasteiger partial charge in [-0.15, -0.1) is 0 Å². The third kappa shape index (κ3) is 3.23. The van der Waals surface area contributed by atoms with Gasteiger partial charge in [0.1, 0.15) is 11.9 Å². The predicted molar refractivity (Wildman–Crippen MR) is 77.9 cm³/mol. The molecule has 0 heterocycles. The average molecular weight is 286 g/mol. The molecule has 5 heteroatoms. The molecule has 2 aromatic carbocycles. The van der Waals surface area contributed by atoms with Crippen LogP contribution in [0.1, 0.15) is 11.6 Å². The highest BCUT2D eigenvalue weighted by molar-refractivity contribution is 5.54. The molecule has 0 bridgehead atoms. The summed E-state index contributed by atoms with van der Waals surface area (Å²) in [6.07, 6.45) is 0. The Morgan fingerprint density at radius 1 is 1.10 bits per heavy atom. The third-order valence-corrected chi connectivity index (χ3v) is 3.03. The summed E-state index contributed by atoms with van der Waals surface area (Å²) in [6.45, 7) is 0. The monoisotopic (exact) mass is 286 g/mol. The number of halogens is 1. The van der Waals surface area contributed by atoms with Crippen molar-refractivity contribution >= 4 is 5.69 Å². The number of nitriles is 1. The van der Waals surface area contributed by atoms with E-state index in [-0.39, 0.29) is 5.82 Å². The standard InChI is InChI=1S/C16H15FN2O2/c1-20-15-5-3-4-13(16(15)21-2)14(10-18)19-12-8-6-11(17)7-9-12/h3-9,14,19H,1-2H3. The first-order valence-corrected chi connectivity index (χ1v) is 6.32. The number of methoxy groups -OCH3 is 2. The summed E-state index contributed by atoms with van der Waals surface area (Å²) < 4.78 is 23.5. The lowest BCUT2D eigenvalue weighted by Crippen LogP contribution is -2.10. The van der Waals surface area contributed by atoms with E-state index >= 15 is 0 Å². The van der Waals surface area contributed by atoms with E-state index in [9.17, 15) is 9.65 Å². The Morgan fingerprint density at radius 2 is 1.81 bits per heavy atom. The smallest absolute Gasteiger partial charge is 0.167 e. The van der Waals surface area contributed by atoms with Crippen LogP contribution in [0.2, 0.25) is 0 Å². The molecule has 0 aliphatic rings. The minimum Gasteiger partial charge on any atom is -0.493 e. The molecular formula is C16H15FN2O2. The lowest BCUT2D eigenvalue weighted by molar-refractivity contribution is 0.351. The number of benzene rings is 2. The van der Waals surface area contributed by atoms with Crippen LogP contribution < -0.4 is 14.8 Å². The maximum absolute atomic E-state index is 12.9. The van der Waals surface area contributed by atoms with E-state index in [0.29, 0.717) is 22.7 Å². The van der Waals surface area contributed by atoms with Crippen LogP contribution in [-0.2, 0) is 0 Å². The molecule has 108 valence electrons. The molecule has 1 atom stereocenters. The van der Waals surface area contributed by atoms with Gasteiger partial charge in [-0.2, -0.15) is 5.26 Å². The first kappa shape index (κ1) is 14.7. The van der Waals surface area contributed by atoms with Crippen LogP contribution in [0.4, 0.5) is 10.1 Å². The zero-order valence-corrected chi connectivity index (χ0v) is 11.8. The van der Waals surface area contributed by atoms with E-state index in [1.54, 1.807) is 30.3 Å². The second-order valence-electron chi connectivity index (χ2n) is 4.30. The summed E-state index contributed by atoms with van der Waals surface area (Å²) in [5.41, 5.74) is 1.30. The predicted octanol–water partition coefficient (Wildman–Crippen LogP) is 3.52. The molecule has 0 radical (unpaired) electrons. The Hall–Kier alpha value is -2.74. The molecular weight excluding hydrogens is 271 g/mol. The van der Waals surface area contributed by atoms with Crippen LogP contribution >= 0.6 is 0 Å². The Labute approximate surface area is 122 Å². The van der Waals surface area contributed by atoms with Gasteiger partial charge in [0.05, 0.1) is 20.3 Å². The van der Waals surface area contributed by atoms with Crippen molar-refractivity contribution in [3.8, 4) is 17.6 Å². The molecule has 2 rings (SSSR count). The maximum Gasteiger partial charge on any atom is 0.167 e. The highest BCUT2D eigenvalue weighted by Crippen LogP contribution is 2.35. The highest BCUT2D eigenvalue weighted by Gasteiger charge is 2.18. The first-order chi connectivity index (χ1) is 10.2. The van der Waals surface area contributed by atoms with Crippen LogP contribution in [0.15, 0.2) is 42.5 Å². The van der Waals surface area contributed by atoms with Crippen molar-refractivity contribution in [2.75, 3.05) is 19.5 Å². The third-order valence-electron chi connectivity index (χ3n) is 3.03. The molecule has 0 saturated carbocycles. The molecule has 0 amide bonds. The van der Waals surface area contributed by atoms with Gasteiger partial charge in [0.2, 0.25) is 0 Å². The second kappa shape index (κ2) is 6.62. The normalized spacial score (nSPS) is 11.3. The van der Waals surface area contributed by atoms with Gasteiger partial charge in [0.15, 0.2) is 11.5 Å². The lowest BCUT2D eigenvalue weighted by Gasteiger charge is -2.18. The van der Waals surface area contributed by atoms with Crippen LogP contribution in [0, 0.1) is 17.1 Å². The Kier molecular flexibility index (Phi) is 4.62. The topological polar surface area (TPSA) is 54.3 Å². The molecule has 4 nitrogen and oxygen atoms in total. The van der Waals surface area contributed by atoms with Crippen molar-refractivity contribution in [2.45, 2.75) is 6.04 Å². The molecule has 0 spiro atoms. The number of rotatable bonds is 5. The molecule has 1 unspecified atom stereocenters. The molecule has 0 aromatic heterocycles. The van der Waals surface area contributed by atoms with Crippen molar-refractivity contribution in [1.29, 1.82) is 5.26 Å². The van der Waals surface area contributed by atoms with Gasteiger partial charge in [-0.3, -0.25) is 0 Å². The Balaban J connectivity index is 2.34. The van der Waals surface area contributed by atoms with E-state index in [0.717, 1.165) is 0 Å². The molecule has 0 aliphatic heterocycles. The summed E-state index contributed by atoms with van der Waals surface area (Å²) in [5.74, 6) is 0.727. The van der Waals surface area contributed by atoms with Gasteiger partial charge in [0.25, 0.3) is 0 Å². The van der Waals surface area contributed by atoms with Crippen LogP contribution in [0.5, 0.6) is 11.5 Å². The van der Waals surface area contributed by atoms with E-state index in [1.807, 2.05) is 0 Å². The molecule has 0 fully saturated rings. The largest absolute Gasteiger partial charge is 0.493 e. The van der Waals surface area contributed by atoms with Crippen molar-refractivity contribution < 1.29 is 13.9 Å². The molecule has 21 heavy (non-hydrogen) atoms. The van der Waals surface area contributed by atoms with E-state index in [1.165, 1.54) is 26.4 Å². The Morgan fingerprint density at radius 3 is 2.38 bits per heavy atom. The van der Waals surface area contributed by atoms with Gasteiger partial charge in [-0.05, 0) is 30.3 Å². The number of hydrogen-bond donors (Lipinski definition) is 1. The van der Waals surface area contributed by atoms with Gasteiger partial charge < -0.3 is 14.8 Å². The van der Waals surface area contributed by atoms with Crippen molar-refractivity contribution in [3.63, 3.8) is 0 Å². The SMILES string of the molecule is COc1cccc(C(C#N)Nc2ccc(F)cc2)c1OC. The van der Waals surface area contributed by atoms with Crippen molar-refractivity contribution in [2.24, 2.45) is 0 Å². The van der Waals surface area contributed by atoms with Gasteiger partial charge >= 0.3 is 0 Å². The minimum atomic E-state index is -0.638. The summed E-state index contributed by atoms with van der Waals surface area (Å²) in [4.78, 5) is 0. The number of nitrogens with zero attached hydrogens (tertiary/aromatic N) is 1. The first-order valence-electron chi connectivity index (χ1n) is 6.32. The zero-order valence-electron chi connectivity index (χ0n) is 11.8. The van der Waals surface area contributed by atoms with E-state index in [2.05, 4.69) is 11.4 Å². The molecule has 2 aromatic rings. The number of para-hydroxylation sites is 1. The minimum absolute atomic E-state index is 0.326. The second-order valence-corrected chi connectivity index (χ2v) is 4.30. The highest BCUT2D eigenvalue weighted by atomic mass is 19.1. The van der Waals surface area contributed by atoms with E-state index in [4.69, 9.17) is 9.47 Å². The van der Waals surface area contributed by atoms with Gasteiger partial charge in [0, 0.05) is 11.3 Å². The zero-order chi connectivity index (χ0) is 15.2. The van der Waals surface area contributed by atoms with Gasteiger partial charge in [-0.1, -0.05) is 12.1 Å². The molecule has 1 N–H and O–H groups in total. The van der Waals surface area contributed by atoms with Gasteiger partial charge in [-0.25, -0.2) is 4.39 Å². The lowest BCUT2D eigenvalue weighted by atomic mass is 10.1. The fourth-order valence-corrected chi connectivity index (χ4v) is 2.03. The van der Waals surface area contributed by atoms with Crippen molar-refractivity contribution in [3.05, 3.63) is 53.8 Å². The van der Waals surface area contributed by atoms with Crippen LogP contribution in [0.3, 0.4) is 0 Å². The van der Waals surface area contributed by atoms with Crippen molar-refractivity contribution in [1.82, 2.24) is 0 Å². The number of anilines is 1. The number of hydrogen-bond acceptors (Lipinski definition) is 4. The molecule has 0 aliphatic carbocycles. The summed E-state index contributed by atoms with van der Waals surface area (Å²) in [7, 11) is 3.06. The van der Waals surface area contributed by atoms with Crippen LogP contribution in [0.25, 0.3) is 0 Å².